The molecule has 0 spiro atoms. The van der Waals surface area contributed by atoms with Gasteiger partial charge in [-0.1, -0.05) is 57.0 Å². The Morgan fingerprint density at radius 3 is 1.38 bits per heavy atom. The Labute approximate surface area is 315 Å². The fraction of sp³-hybridized carbons (Fsp3) is 0.250. The van der Waals surface area contributed by atoms with Crippen LogP contribution in [0, 0.1) is 23.3 Å². The van der Waals surface area contributed by atoms with Crippen LogP contribution in [-0.4, -0.2) is 37.4 Å². The summed E-state index contributed by atoms with van der Waals surface area (Å²) in [5, 5.41) is 10.0. The molecular formula is C40H40F4IrN5O2+2. The third-order valence-corrected chi connectivity index (χ3v) is 8.49. The second-order valence-electron chi connectivity index (χ2n) is 12.0. The van der Waals surface area contributed by atoms with Crippen molar-refractivity contribution in [3.63, 3.8) is 0 Å². The molecule has 0 unspecified atom stereocenters. The normalized spacial score (nSPS) is 12.6. The Kier molecular flexibility index (Phi) is 14.6. The van der Waals surface area contributed by atoms with Crippen molar-refractivity contribution in [2.45, 2.75) is 39.5 Å². The molecule has 3 heterocycles. The van der Waals surface area contributed by atoms with E-state index in [1.165, 1.54) is 36.5 Å². The minimum Gasteiger partial charge on any atom is -0.543 e. The van der Waals surface area contributed by atoms with E-state index in [9.17, 15) is 27.5 Å². The number of carboxylic acids is 1. The van der Waals surface area contributed by atoms with E-state index in [1.54, 1.807) is 12.1 Å². The van der Waals surface area contributed by atoms with E-state index in [0.29, 0.717) is 24.7 Å². The van der Waals surface area contributed by atoms with Gasteiger partial charge in [0, 0.05) is 31.4 Å². The second kappa shape index (κ2) is 19.1. The van der Waals surface area contributed by atoms with Crippen molar-refractivity contribution in [1.82, 2.24) is 4.98 Å². The van der Waals surface area contributed by atoms with Crippen molar-refractivity contribution in [2.24, 2.45) is 0 Å². The van der Waals surface area contributed by atoms with E-state index in [0.717, 1.165) is 73.7 Å². The number of benzene rings is 4. The summed E-state index contributed by atoms with van der Waals surface area (Å²) in [6.45, 7) is 7.38. The Morgan fingerprint density at radius 1 is 0.615 bits per heavy atom. The van der Waals surface area contributed by atoms with Gasteiger partial charge in [-0.25, -0.2) is 17.6 Å². The number of halogens is 4. The SMILES string of the molecule is CCCCN1CN(c2ccc(F)cc2F)c2ccccc21.CCCCN1CN(c2ccc(F)cc2F)c2ccccc21.O=C([O-])c1ccccn1.[Ir+3]. The Hall–Kier alpha value is -4.93. The number of pyridine rings is 1. The molecule has 0 amide bonds. The molecule has 4 aromatic carbocycles. The molecule has 1 aromatic heterocycles. The molecule has 0 atom stereocenters. The minimum absolute atomic E-state index is 0. The number of anilines is 6. The Morgan fingerprint density at radius 2 is 1.04 bits per heavy atom. The largest absolute Gasteiger partial charge is 3.00 e. The van der Waals surface area contributed by atoms with Crippen molar-refractivity contribution in [2.75, 3.05) is 46.0 Å². The molecule has 5 aromatic rings. The first-order chi connectivity index (χ1) is 24.7. The van der Waals surface area contributed by atoms with Gasteiger partial charge in [0.25, 0.3) is 0 Å². The van der Waals surface area contributed by atoms with Crippen molar-refractivity contribution in [1.29, 1.82) is 0 Å². The third-order valence-electron chi connectivity index (χ3n) is 8.49. The monoisotopic (exact) mass is 891 g/mol. The number of rotatable bonds is 9. The number of para-hydroxylation sites is 4. The molecule has 0 saturated heterocycles. The average Bonchev–Trinajstić information content (AvgIpc) is 3.69. The smallest absolute Gasteiger partial charge is 0.543 e. The van der Waals surface area contributed by atoms with Gasteiger partial charge in [-0.05, 0) is 73.5 Å². The number of aromatic nitrogens is 1. The number of nitrogens with zero attached hydrogens (tertiary/aromatic N) is 5. The van der Waals surface area contributed by atoms with Gasteiger partial charge >= 0.3 is 20.1 Å². The molecule has 7 nitrogen and oxygen atoms in total. The molecule has 2 aliphatic rings. The summed E-state index contributed by atoms with van der Waals surface area (Å²) < 4.78 is 54.4. The summed E-state index contributed by atoms with van der Waals surface area (Å²) in [7, 11) is 0. The molecule has 12 heteroatoms. The fourth-order valence-electron chi connectivity index (χ4n) is 5.94. The third kappa shape index (κ3) is 9.68. The van der Waals surface area contributed by atoms with Crippen LogP contribution in [0.1, 0.15) is 50.0 Å². The maximum Gasteiger partial charge on any atom is 3.00 e. The summed E-state index contributed by atoms with van der Waals surface area (Å²) in [6.07, 6.45) is 5.82. The fourth-order valence-corrected chi connectivity index (χ4v) is 5.94. The number of hydrogen-bond donors (Lipinski definition) is 0. The zero-order chi connectivity index (χ0) is 36.3. The van der Waals surface area contributed by atoms with Crippen LogP contribution in [0.15, 0.2) is 109 Å². The standard InChI is InChI=1S/2C17H18F2N2.C6H5NO2.Ir/c2*1-2-3-10-20-12-21(17-7-5-4-6-16(17)20)15-9-8-13(18)11-14(15)19;8-6(9)5-3-1-2-4-7-5;/h2*4-9,11H,2-3,10,12H2,1H3;1-4H,(H,8,9);/q;;;+3/p-1. The summed E-state index contributed by atoms with van der Waals surface area (Å²) in [5.41, 5.74) is 4.96. The topological polar surface area (TPSA) is 66.0 Å². The van der Waals surface area contributed by atoms with Crippen LogP contribution < -0.4 is 24.7 Å². The van der Waals surface area contributed by atoms with Gasteiger partial charge in [0.05, 0.1) is 59.1 Å². The van der Waals surface area contributed by atoms with Gasteiger partial charge in [0.2, 0.25) is 0 Å². The number of aromatic carboxylic acids is 1. The van der Waals surface area contributed by atoms with Crippen molar-refractivity contribution in [3.05, 3.63) is 138 Å². The number of fused-ring (bicyclic) bond motifs is 2. The number of carboxylic acid groups (broad SMARTS) is 1. The predicted molar refractivity (Wildman–Crippen MR) is 193 cm³/mol. The van der Waals surface area contributed by atoms with Gasteiger partial charge in [-0.2, -0.15) is 0 Å². The van der Waals surface area contributed by atoms with Crippen LogP contribution in [0.5, 0.6) is 0 Å². The van der Waals surface area contributed by atoms with Gasteiger partial charge in [-0.15, -0.1) is 0 Å². The molecule has 2 aliphatic heterocycles. The quantitative estimate of drug-likeness (QED) is 0.137. The van der Waals surface area contributed by atoms with Crippen LogP contribution >= 0.6 is 0 Å². The molecule has 0 radical (unpaired) electrons. The predicted octanol–water partition coefficient (Wildman–Crippen LogP) is 8.80. The molecule has 0 fully saturated rings. The van der Waals surface area contributed by atoms with Crippen LogP contribution in [0.4, 0.5) is 51.7 Å². The number of unbranched alkanes of at least 4 members (excludes halogenated alkanes) is 2. The zero-order valence-corrected chi connectivity index (χ0v) is 31.3. The first-order valence-corrected chi connectivity index (χ1v) is 17.0. The van der Waals surface area contributed by atoms with Gasteiger partial charge in [0.15, 0.2) is 0 Å². The first-order valence-electron chi connectivity index (χ1n) is 17.0. The zero-order valence-electron chi connectivity index (χ0n) is 28.9. The summed E-state index contributed by atoms with van der Waals surface area (Å²) in [4.78, 5) is 21.8. The number of carbonyl (C=O) groups is 1. The molecule has 7 rings (SSSR count). The van der Waals surface area contributed by atoms with E-state index in [2.05, 4.69) is 28.6 Å². The number of carbonyl (C=O) groups excluding carboxylic acids is 1. The maximum atomic E-state index is 14.1. The Balaban J connectivity index is 0.000000186. The Bertz CT molecular complexity index is 1810. The minimum atomic E-state index is -1.24. The van der Waals surface area contributed by atoms with Crippen LogP contribution in [0.3, 0.4) is 0 Å². The van der Waals surface area contributed by atoms with Crippen LogP contribution in [0.2, 0.25) is 0 Å². The van der Waals surface area contributed by atoms with E-state index < -0.39 is 29.2 Å². The van der Waals surface area contributed by atoms with Gasteiger partial charge < -0.3 is 29.5 Å². The van der Waals surface area contributed by atoms with E-state index in [4.69, 9.17) is 0 Å². The first kappa shape index (κ1) is 39.8. The molecule has 0 bridgehead atoms. The maximum absolute atomic E-state index is 14.1. The molecule has 0 saturated carbocycles. The molecule has 0 aliphatic carbocycles. The molecule has 272 valence electrons. The van der Waals surface area contributed by atoms with Crippen LogP contribution in [-0.2, 0) is 20.1 Å². The van der Waals surface area contributed by atoms with Crippen molar-refractivity contribution in [3.8, 4) is 0 Å². The van der Waals surface area contributed by atoms with Gasteiger partial charge in [-0.3, -0.25) is 4.98 Å². The summed E-state index contributed by atoms with van der Waals surface area (Å²) in [5.74, 6) is -3.39. The summed E-state index contributed by atoms with van der Waals surface area (Å²) in [6, 6.07) is 28.0. The van der Waals surface area contributed by atoms with E-state index >= 15 is 0 Å². The number of hydrogen-bond acceptors (Lipinski definition) is 7. The van der Waals surface area contributed by atoms with Gasteiger partial charge in [0.1, 0.15) is 23.3 Å². The second-order valence-corrected chi connectivity index (χ2v) is 12.0. The molecule has 52 heavy (non-hydrogen) atoms. The van der Waals surface area contributed by atoms with Crippen LogP contribution in [0.25, 0.3) is 0 Å². The molecule has 0 N–H and O–H groups in total. The average molecular weight is 891 g/mol. The van der Waals surface area contributed by atoms with Crippen molar-refractivity contribution < 1.29 is 47.6 Å². The summed E-state index contributed by atoms with van der Waals surface area (Å²) >= 11 is 0. The van der Waals surface area contributed by atoms with E-state index in [1.807, 2.05) is 58.3 Å². The van der Waals surface area contributed by atoms with Crippen molar-refractivity contribution >= 4 is 40.1 Å². The van der Waals surface area contributed by atoms with E-state index in [-0.39, 0.29) is 25.8 Å². The molecular weight excluding hydrogens is 851 g/mol.